The summed E-state index contributed by atoms with van der Waals surface area (Å²) in [6, 6.07) is 12.8. The standard InChI is InChI=1S/C25H26ClFN4O2/c1-16(2)23-22(15-28-31(23)21-9-5-18(26)6-10-21)25(33)30-13-11-20(12-14-30)29-24(32)17-3-7-19(27)8-4-17/h3-10,15-16,20H,11-14H2,1-2H3,(H,29,32). The van der Waals surface area contributed by atoms with Crippen LogP contribution < -0.4 is 5.32 Å². The zero-order valence-corrected chi connectivity index (χ0v) is 19.3. The molecule has 3 aromatic rings. The van der Waals surface area contributed by atoms with E-state index in [1.807, 2.05) is 30.9 Å². The molecule has 33 heavy (non-hydrogen) atoms. The minimum atomic E-state index is -0.376. The van der Waals surface area contributed by atoms with Crippen molar-refractivity contribution in [1.29, 1.82) is 0 Å². The fourth-order valence-corrected chi connectivity index (χ4v) is 4.26. The van der Waals surface area contributed by atoms with E-state index < -0.39 is 0 Å². The maximum Gasteiger partial charge on any atom is 0.257 e. The van der Waals surface area contributed by atoms with E-state index in [-0.39, 0.29) is 29.6 Å². The molecule has 1 saturated heterocycles. The largest absolute Gasteiger partial charge is 0.349 e. The number of hydrogen-bond acceptors (Lipinski definition) is 3. The lowest BCUT2D eigenvalue weighted by Crippen LogP contribution is -2.46. The molecule has 2 amide bonds. The van der Waals surface area contributed by atoms with Crippen molar-refractivity contribution in [3.63, 3.8) is 0 Å². The normalized spacial score (nSPS) is 14.5. The third kappa shape index (κ3) is 5.09. The van der Waals surface area contributed by atoms with Crippen molar-refractivity contribution in [2.75, 3.05) is 13.1 Å². The Labute approximate surface area is 197 Å². The van der Waals surface area contributed by atoms with Gasteiger partial charge in [-0.1, -0.05) is 25.4 Å². The van der Waals surface area contributed by atoms with E-state index in [1.54, 1.807) is 23.0 Å². The Kier molecular flexibility index (Phi) is 6.79. The molecular formula is C25H26ClFN4O2. The van der Waals surface area contributed by atoms with Crippen molar-refractivity contribution < 1.29 is 14.0 Å². The Bertz CT molecular complexity index is 1130. The maximum atomic E-state index is 13.3. The second kappa shape index (κ2) is 9.75. The summed E-state index contributed by atoms with van der Waals surface area (Å²) in [5.41, 5.74) is 2.72. The van der Waals surface area contributed by atoms with Gasteiger partial charge in [0.1, 0.15) is 5.82 Å². The number of nitrogens with zero attached hydrogens (tertiary/aromatic N) is 3. The SMILES string of the molecule is CC(C)c1c(C(=O)N2CCC(NC(=O)c3ccc(F)cc3)CC2)cnn1-c1ccc(Cl)cc1. The van der Waals surface area contributed by atoms with Crippen LogP contribution in [0.3, 0.4) is 0 Å². The summed E-state index contributed by atoms with van der Waals surface area (Å²) in [5, 5.41) is 8.12. The van der Waals surface area contributed by atoms with Gasteiger partial charge >= 0.3 is 0 Å². The lowest BCUT2D eigenvalue weighted by atomic mass is 10.0. The first-order chi connectivity index (χ1) is 15.8. The van der Waals surface area contributed by atoms with Crippen LogP contribution in [0.1, 0.15) is 59.0 Å². The van der Waals surface area contributed by atoms with Crippen LogP contribution in [-0.2, 0) is 0 Å². The highest BCUT2D eigenvalue weighted by Crippen LogP contribution is 2.26. The molecule has 4 rings (SSSR count). The molecule has 1 aliphatic heterocycles. The van der Waals surface area contributed by atoms with Crippen LogP contribution in [0.4, 0.5) is 4.39 Å². The smallest absolute Gasteiger partial charge is 0.257 e. The molecule has 0 atom stereocenters. The third-order valence-corrected chi connectivity index (χ3v) is 6.13. The lowest BCUT2D eigenvalue weighted by Gasteiger charge is -2.32. The van der Waals surface area contributed by atoms with Crippen molar-refractivity contribution in [3.8, 4) is 5.69 Å². The molecule has 0 unspecified atom stereocenters. The number of likely N-dealkylation sites (tertiary alicyclic amines) is 1. The molecule has 1 fully saturated rings. The van der Waals surface area contributed by atoms with Gasteiger partial charge in [0, 0.05) is 29.7 Å². The minimum Gasteiger partial charge on any atom is -0.349 e. The van der Waals surface area contributed by atoms with Crippen LogP contribution in [0, 0.1) is 5.82 Å². The molecule has 0 saturated carbocycles. The number of halogens is 2. The molecule has 8 heteroatoms. The molecule has 2 heterocycles. The molecule has 1 aromatic heterocycles. The van der Waals surface area contributed by atoms with Crippen LogP contribution in [0.15, 0.2) is 54.7 Å². The van der Waals surface area contributed by atoms with Gasteiger partial charge in [-0.15, -0.1) is 0 Å². The number of rotatable bonds is 5. The highest BCUT2D eigenvalue weighted by molar-refractivity contribution is 6.30. The number of benzene rings is 2. The molecule has 0 spiro atoms. The van der Waals surface area contributed by atoms with E-state index in [0.29, 0.717) is 42.1 Å². The second-order valence-electron chi connectivity index (χ2n) is 8.53. The first-order valence-corrected chi connectivity index (χ1v) is 11.4. The summed E-state index contributed by atoms with van der Waals surface area (Å²) in [7, 11) is 0. The summed E-state index contributed by atoms with van der Waals surface area (Å²) in [6.45, 7) is 5.16. The lowest BCUT2D eigenvalue weighted by molar-refractivity contribution is 0.0696. The first kappa shape index (κ1) is 23.0. The molecule has 1 aliphatic rings. The summed E-state index contributed by atoms with van der Waals surface area (Å²) in [4.78, 5) is 27.6. The predicted octanol–water partition coefficient (Wildman–Crippen LogP) is 4.82. The summed E-state index contributed by atoms with van der Waals surface area (Å²) in [6.07, 6.45) is 2.94. The molecular weight excluding hydrogens is 443 g/mol. The Balaban J connectivity index is 1.43. The summed E-state index contributed by atoms with van der Waals surface area (Å²) < 4.78 is 14.9. The summed E-state index contributed by atoms with van der Waals surface area (Å²) in [5.74, 6) is -0.568. The highest BCUT2D eigenvalue weighted by atomic mass is 35.5. The van der Waals surface area contributed by atoms with Gasteiger partial charge in [-0.3, -0.25) is 9.59 Å². The van der Waals surface area contributed by atoms with Gasteiger partial charge in [0.05, 0.1) is 23.1 Å². The van der Waals surface area contributed by atoms with Crippen molar-refractivity contribution in [2.24, 2.45) is 0 Å². The average Bonchev–Trinajstić information content (AvgIpc) is 3.25. The van der Waals surface area contributed by atoms with E-state index in [2.05, 4.69) is 10.4 Å². The quantitative estimate of drug-likeness (QED) is 0.583. The number of nitrogens with one attached hydrogen (secondary N) is 1. The van der Waals surface area contributed by atoms with E-state index in [1.165, 1.54) is 24.3 Å². The van der Waals surface area contributed by atoms with Gasteiger partial charge in [0.25, 0.3) is 11.8 Å². The maximum absolute atomic E-state index is 13.3. The van der Waals surface area contributed by atoms with Crippen molar-refractivity contribution in [1.82, 2.24) is 20.0 Å². The van der Waals surface area contributed by atoms with Crippen LogP contribution in [-0.4, -0.2) is 45.6 Å². The average molecular weight is 469 g/mol. The topological polar surface area (TPSA) is 67.2 Å². The van der Waals surface area contributed by atoms with E-state index in [9.17, 15) is 14.0 Å². The molecule has 1 N–H and O–H groups in total. The van der Waals surface area contributed by atoms with Crippen molar-refractivity contribution in [3.05, 3.63) is 82.4 Å². The molecule has 2 aromatic carbocycles. The Morgan fingerprint density at radius 3 is 2.30 bits per heavy atom. The molecule has 0 radical (unpaired) electrons. The van der Waals surface area contributed by atoms with Crippen molar-refractivity contribution >= 4 is 23.4 Å². The van der Waals surface area contributed by atoms with Crippen LogP contribution >= 0.6 is 11.6 Å². The van der Waals surface area contributed by atoms with Gasteiger partial charge in [-0.05, 0) is 67.3 Å². The number of aromatic nitrogens is 2. The van der Waals surface area contributed by atoms with Crippen LogP contribution in [0.25, 0.3) is 5.69 Å². The molecule has 172 valence electrons. The van der Waals surface area contributed by atoms with E-state index in [4.69, 9.17) is 11.6 Å². The number of carbonyl (C=O) groups is 2. The number of piperidine rings is 1. The van der Waals surface area contributed by atoms with Crippen LogP contribution in [0.5, 0.6) is 0 Å². The van der Waals surface area contributed by atoms with E-state index in [0.717, 1.165) is 11.4 Å². The Morgan fingerprint density at radius 1 is 1.06 bits per heavy atom. The highest BCUT2D eigenvalue weighted by Gasteiger charge is 2.29. The number of amides is 2. The molecule has 0 aliphatic carbocycles. The number of hydrogen-bond donors (Lipinski definition) is 1. The van der Waals surface area contributed by atoms with Gasteiger partial charge in [0.2, 0.25) is 0 Å². The Morgan fingerprint density at radius 2 is 1.70 bits per heavy atom. The Hall–Kier alpha value is -3.19. The minimum absolute atomic E-state index is 0.0343. The first-order valence-electron chi connectivity index (χ1n) is 11.0. The van der Waals surface area contributed by atoms with Crippen molar-refractivity contribution in [2.45, 2.75) is 38.6 Å². The fourth-order valence-electron chi connectivity index (χ4n) is 4.13. The zero-order valence-electron chi connectivity index (χ0n) is 18.6. The monoisotopic (exact) mass is 468 g/mol. The zero-order chi connectivity index (χ0) is 23.5. The fraction of sp³-hybridized carbons (Fsp3) is 0.320. The van der Waals surface area contributed by atoms with Gasteiger partial charge in [-0.25, -0.2) is 9.07 Å². The third-order valence-electron chi connectivity index (χ3n) is 5.88. The number of carbonyl (C=O) groups excluding carboxylic acids is 2. The van der Waals surface area contributed by atoms with Crippen LogP contribution in [0.2, 0.25) is 5.02 Å². The molecule has 0 bridgehead atoms. The van der Waals surface area contributed by atoms with Gasteiger partial charge < -0.3 is 10.2 Å². The van der Waals surface area contributed by atoms with Gasteiger partial charge in [0.15, 0.2) is 0 Å². The second-order valence-corrected chi connectivity index (χ2v) is 8.97. The van der Waals surface area contributed by atoms with Gasteiger partial charge in [-0.2, -0.15) is 5.10 Å². The summed E-state index contributed by atoms with van der Waals surface area (Å²) >= 11 is 6.01. The molecule has 6 nitrogen and oxygen atoms in total. The predicted molar refractivity (Wildman–Crippen MR) is 125 cm³/mol. The van der Waals surface area contributed by atoms with E-state index >= 15 is 0 Å².